The summed E-state index contributed by atoms with van der Waals surface area (Å²) in [4.78, 5) is 2.50. The Hall–Kier alpha value is -0.640. The lowest BCUT2D eigenvalue weighted by Crippen LogP contribution is -2.36. The Bertz CT molecular complexity index is 405. The van der Waals surface area contributed by atoms with Crippen molar-refractivity contribution < 1.29 is 4.39 Å². The molecule has 1 aromatic rings. The van der Waals surface area contributed by atoms with Crippen LogP contribution >= 0.6 is 11.6 Å². The fourth-order valence-corrected chi connectivity index (χ4v) is 2.92. The molecule has 1 aliphatic rings. The van der Waals surface area contributed by atoms with E-state index in [1.54, 1.807) is 6.07 Å². The Morgan fingerprint density at radius 1 is 1.32 bits per heavy atom. The SMILES string of the molecule is CC(NCCN1CCCCC1)c1ccc(F)cc1Cl. The molecule has 1 fully saturated rings. The summed E-state index contributed by atoms with van der Waals surface area (Å²) >= 11 is 6.06. The third kappa shape index (κ3) is 4.44. The molecule has 1 saturated heterocycles. The summed E-state index contributed by atoms with van der Waals surface area (Å²) in [6, 6.07) is 4.75. The molecule has 2 rings (SSSR count). The molecular weight excluding hydrogens is 263 g/mol. The van der Waals surface area contributed by atoms with Crippen molar-refractivity contribution in [3.63, 3.8) is 0 Å². The third-order valence-corrected chi connectivity index (χ3v) is 4.08. The highest BCUT2D eigenvalue weighted by Crippen LogP contribution is 2.23. The van der Waals surface area contributed by atoms with Crippen molar-refractivity contribution in [2.45, 2.75) is 32.2 Å². The molecule has 2 nitrogen and oxygen atoms in total. The zero-order valence-corrected chi connectivity index (χ0v) is 12.2. The minimum absolute atomic E-state index is 0.151. The Morgan fingerprint density at radius 2 is 2.05 bits per heavy atom. The summed E-state index contributed by atoms with van der Waals surface area (Å²) in [7, 11) is 0. The molecule has 1 aromatic carbocycles. The van der Waals surface area contributed by atoms with Crippen LogP contribution in [0.25, 0.3) is 0 Å². The zero-order chi connectivity index (χ0) is 13.7. The first-order valence-corrected chi connectivity index (χ1v) is 7.45. The van der Waals surface area contributed by atoms with Gasteiger partial charge in [0.2, 0.25) is 0 Å². The van der Waals surface area contributed by atoms with Crippen molar-refractivity contribution >= 4 is 11.6 Å². The average Bonchev–Trinajstić information content (AvgIpc) is 2.39. The molecule has 1 atom stereocenters. The van der Waals surface area contributed by atoms with Gasteiger partial charge < -0.3 is 10.2 Å². The van der Waals surface area contributed by atoms with Crippen LogP contribution in [0, 0.1) is 5.82 Å². The highest BCUT2D eigenvalue weighted by atomic mass is 35.5. The molecule has 1 unspecified atom stereocenters. The van der Waals surface area contributed by atoms with E-state index < -0.39 is 0 Å². The maximum absolute atomic E-state index is 13.0. The number of hydrogen-bond donors (Lipinski definition) is 1. The molecule has 0 spiro atoms. The maximum atomic E-state index is 13.0. The fraction of sp³-hybridized carbons (Fsp3) is 0.600. The number of rotatable bonds is 5. The fourth-order valence-electron chi connectivity index (χ4n) is 2.58. The second kappa shape index (κ2) is 7.22. The second-order valence-electron chi connectivity index (χ2n) is 5.24. The van der Waals surface area contributed by atoms with Crippen LogP contribution in [0.5, 0.6) is 0 Å². The van der Waals surface area contributed by atoms with E-state index in [1.807, 2.05) is 0 Å². The minimum Gasteiger partial charge on any atom is -0.309 e. The molecule has 19 heavy (non-hydrogen) atoms. The number of benzene rings is 1. The van der Waals surface area contributed by atoms with Gasteiger partial charge in [-0.2, -0.15) is 0 Å². The van der Waals surface area contributed by atoms with Crippen LogP contribution in [0.1, 0.15) is 37.8 Å². The van der Waals surface area contributed by atoms with Gasteiger partial charge in [0.1, 0.15) is 5.82 Å². The van der Waals surface area contributed by atoms with E-state index in [1.165, 1.54) is 44.5 Å². The molecule has 1 heterocycles. The van der Waals surface area contributed by atoms with Gasteiger partial charge in [-0.05, 0) is 50.6 Å². The van der Waals surface area contributed by atoms with Gasteiger partial charge in [-0.1, -0.05) is 24.1 Å². The van der Waals surface area contributed by atoms with Crippen LogP contribution in [-0.4, -0.2) is 31.1 Å². The highest BCUT2D eigenvalue weighted by Gasteiger charge is 2.12. The van der Waals surface area contributed by atoms with Gasteiger partial charge >= 0.3 is 0 Å². The van der Waals surface area contributed by atoms with Crippen LogP contribution in [0.2, 0.25) is 5.02 Å². The van der Waals surface area contributed by atoms with Crippen molar-refractivity contribution in [3.8, 4) is 0 Å². The van der Waals surface area contributed by atoms with E-state index >= 15 is 0 Å². The van der Waals surface area contributed by atoms with Gasteiger partial charge in [-0.15, -0.1) is 0 Å². The maximum Gasteiger partial charge on any atom is 0.124 e. The van der Waals surface area contributed by atoms with Gasteiger partial charge in [0, 0.05) is 24.2 Å². The summed E-state index contributed by atoms with van der Waals surface area (Å²) in [5.41, 5.74) is 0.960. The van der Waals surface area contributed by atoms with E-state index in [9.17, 15) is 4.39 Å². The molecule has 1 aliphatic heterocycles. The number of likely N-dealkylation sites (tertiary alicyclic amines) is 1. The van der Waals surface area contributed by atoms with Crippen LogP contribution in [0.15, 0.2) is 18.2 Å². The monoisotopic (exact) mass is 284 g/mol. The Labute approximate surface area is 119 Å². The van der Waals surface area contributed by atoms with Crippen LogP contribution in [0.4, 0.5) is 4.39 Å². The first kappa shape index (κ1) is 14.8. The first-order valence-electron chi connectivity index (χ1n) is 7.07. The van der Waals surface area contributed by atoms with Crippen LogP contribution < -0.4 is 5.32 Å². The molecule has 0 amide bonds. The van der Waals surface area contributed by atoms with Gasteiger partial charge in [0.25, 0.3) is 0 Å². The number of nitrogens with one attached hydrogen (secondary N) is 1. The first-order chi connectivity index (χ1) is 9.16. The number of halogens is 2. The second-order valence-corrected chi connectivity index (χ2v) is 5.65. The Balaban J connectivity index is 1.78. The molecule has 0 aliphatic carbocycles. The van der Waals surface area contributed by atoms with Crippen molar-refractivity contribution in [2.24, 2.45) is 0 Å². The topological polar surface area (TPSA) is 15.3 Å². The molecule has 1 N–H and O–H groups in total. The quantitative estimate of drug-likeness (QED) is 0.888. The summed E-state index contributed by atoms with van der Waals surface area (Å²) in [5, 5.41) is 3.96. The molecule has 0 bridgehead atoms. The van der Waals surface area contributed by atoms with E-state index in [0.717, 1.165) is 18.7 Å². The van der Waals surface area contributed by atoms with Crippen molar-refractivity contribution in [2.75, 3.05) is 26.2 Å². The minimum atomic E-state index is -0.283. The summed E-state index contributed by atoms with van der Waals surface area (Å²) < 4.78 is 13.0. The zero-order valence-electron chi connectivity index (χ0n) is 11.5. The smallest absolute Gasteiger partial charge is 0.124 e. The van der Waals surface area contributed by atoms with Crippen LogP contribution in [-0.2, 0) is 0 Å². The summed E-state index contributed by atoms with van der Waals surface area (Å²) in [6.07, 6.45) is 4.00. The van der Waals surface area contributed by atoms with E-state index in [2.05, 4.69) is 17.1 Å². The normalized spacial score (nSPS) is 18.5. The summed E-state index contributed by atoms with van der Waals surface area (Å²) in [5.74, 6) is -0.283. The van der Waals surface area contributed by atoms with E-state index in [0.29, 0.717) is 5.02 Å². The van der Waals surface area contributed by atoms with Crippen molar-refractivity contribution in [3.05, 3.63) is 34.6 Å². The predicted octanol–water partition coefficient (Wildman–Crippen LogP) is 3.62. The summed E-state index contributed by atoms with van der Waals surface area (Å²) in [6.45, 7) is 6.51. The average molecular weight is 285 g/mol. The Kier molecular flexibility index (Phi) is 5.61. The predicted molar refractivity (Wildman–Crippen MR) is 78.1 cm³/mol. The molecule has 0 radical (unpaired) electrons. The molecule has 106 valence electrons. The number of piperidine rings is 1. The van der Waals surface area contributed by atoms with Gasteiger partial charge in [-0.25, -0.2) is 4.39 Å². The molecule has 4 heteroatoms. The number of nitrogens with zero attached hydrogens (tertiary/aromatic N) is 1. The highest BCUT2D eigenvalue weighted by molar-refractivity contribution is 6.31. The van der Waals surface area contributed by atoms with Gasteiger partial charge in [0.15, 0.2) is 0 Å². The largest absolute Gasteiger partial charge is 0.309 e. The number of hydrogen-bond acceptors (Lipinski definition) is 2. The van der Waals surface area contributed by atoms with Gasteiger partial charge in [0.05, 0.1) is 0 Å². The third-order valence-electron chi connectivity index (χ3n) is 3.76. The van der Waals surface area contributed by atoms with Gasteiger partial charge in [-0.3, -0.25) is 0 Å². The van der Waals surface area contributed by atoms with E-state index in [4.69, 9.17) is 11.6 Å². The molecular formula is C15H22ClFN2. The lowest BCUT2D eigenvalue weighted by atomic mass is 10.1. The lowest BCUT2D eigenvalue weighted by Gasteiger charge is -2.27. The van der Waals surface area contributed by atoms with E-state index in [-0.39, 0.29) is 11.9 Å². The molecule has 0 saturated carbocycles. The Morgan fingerprint density at radius 3 is 2.74 bits per heavy atom. The lowest BCUT2D eigenvalue weighted by molar-refractivity contribution is 0.227. The molecule has 0 aromatic heterocycles. The van der Waals surface area contributed by atoms with Crippen molar-refractivity contribution in [1.82, 2.24) is 10.2 Å². The van der Waals surface area contributed by atoms with Crippen molar-refractivity contribution in [1.29, 1.82) is 0 Å². The standard InChI is InChI=1S/C15H22ClFN2/c1-12(14-6-5-13(17)11-15(14)16)18-7-10-19-8-3-2-4-9-19/h5-6,11-12,18H,2-4,7-10H2,1H3. The van der Waals surface area contributed by atoms with Crippen LogP contribution in [0.3, 0.4) is 0 Å².